The van der Waals surface area contributed by atoms with Gasteiger partial charge < -0.3 is 9.47 Å². The van der Waals surface area contributed by atoms with Crippen LogP contribution < -0.4 is 9.47 Å². The van der Waals surface area contributed by atoms with Gasteiger partial charge in [0.15, 0.2) is 11.5 Å². The topological polar surface area (TPSA) is 42.8 Å². The molecule has 2 aliphatic rings. The summed E-state index contributed by atoms with van der Waals surface area (Å²) in [6, 6.07) is 6.61. The molecule has 6 nitrogen and oxygen atoms in total. The fraction of sp³-hybridized carbons (Fsp3) is 0.625. The summed E-state index contributed by atoms with van der Waals surface area (Å²) < 4.78 is 13.2. The molecule has 1 aromatic carbocycles. The molecule has 3 heterocycles. The van der Waals surface area contributed by atoms with Crippen LogP contribution in [0.1, 0.15) is 50.3 Å². The molecule has 2 fully saturated rings. The maximum atomic E-state index is 5.66. The number of likely N-dealkylation sites (tertiary alicyclic amines) is 2. The van der Waals surface area contributed by atoms with Crippen LogP contribution in [0.2, 0.25) is 0 Å². The predicted octanol–water partition coefficient (Wildman–Crippen LogP) is 3.97. The van der Waals surface area contributed by atoms with Gasteiger partial charge >= 0.3 is 0 Å². The Morgan fingerprint density at radius 3 is 2.53 bits per heavy atom. The van der Waals surface area contributed by atoms with Crippen molar-refractivity contribution < 1.29 is 9.47 Å². The molecule has 2 aromatic rings. The lowest BCUT2D eigenvalue weighted by Gasteiger charge is -2.40. The molecule has 164 valence electrons. The first-order valence-electron chi connectivity index (χ1n) is 11.2. The van der Waals surface area contributed by atoms with Crippen molar-refractivity contribution in [2.24, 2.45) is 5.41 Å². The van der Waals surface area contributed by atoms with E-state index in [4.69, 9.17) is 9.47 Å². The summed E-state index contributed by atoms with van der Waals surface area (Å²) in [6.07, 6.45) is 8.13. The van der Waals surface area contributed by atoms with Crippen molar-refractivity contribution in [3.05, 3.63) is 41.7 Å². The Bertz CT molecular complexity index is 849. The first-order chi connectivity index (χ1) is 14.5. The highest BCUT2D eigenvalue weighted by molar-refractivity contribution is 5.46. The number of piperidine rings is 1. The number of hydrogen-bond donors (Lipinski definition) is 0. The molecular weight excluding hydrogens is 376 g/mol. The number of para-hydroxylation sites is 1. The monoisotopic (exact) mass is 412 g/mol. The minimum atomic E-state index is 0.415. The Hall–Kier alpha value is -2.05. The van der Waals surface area contributed by atoms with Crippen LogP contribution in [0.15, 0.2) is 30.6 Å². The molecule has 0 unspecified atom stereocenters. The molecule has 0 N–H and O–H groups in total. The van der Waals surface area contributed by atoms with Gasteiger partial charge in [0.05, 0.1) is 20.4 Å². The van der Waals surface area contributed by atoms with Crippen molar-refractivity contribution in [3.63, 3.8) is 0 Å². The van der Waals surface area contributed by atoms with Gasteiger partial charge in [-0.1, -0.05) is 12.1 Å². The van der Waals surface area contributed by atoms with Gasteiger partial charge in [0.25, 0.3) is 0 Å². The molecule has 1 atom stereocenters. The van der Waals surface area contributed by atoms with Gasteiger partial charge in [-0.25, -0.2) is 0 Å². The van der Waals surface area contributed by atoms with E-state index in [0.717, 1.165) is 37.7 Å². The smallest absolute Gasteiger partial charge is 0.165 e. The van der Waals surface area contributed by atoms with E-state index in [2.05, 4.69) is 51.8 Å². The Balaban J connectivity index is 1.39. The third kappa shape index (κ3) is 4.49. The second-order valence-corrected chi connectivity index (χ2v) is 9.35. The fourth-order valence-electron chi connectivity index (χ4n) is 5.26. The summed E-state index contributed by atoms with van der Waals surface area (Å²) in [5.41, 5.74) is 2.96. The van der Waals surface area contributed by atoms with Crippen molar-refractivity contribution in [2.75, 3.05) is 40.4 Å². The van der Waals surface area contributed by atoms with E-state index < -0.39 is 0 Å². The van der Waals surface area contributed by atoms with Gasteiger partial charge in [-0.3, -0.25) is 14.5 Å². The molecule has 6 heteroatoms. The van der Waals surface area contributed by atoms with Crippen LogP contribution in [0.4, 0.5) is 0 Å². The van der Waals surface area contributed by atoms with Crippen molar-refractivity contribution in [2.45, 2.75) is 52.2 Å². The summed E-state index contributed by atoms with van der Waals surface area (Å²) in [5, 5.41) is 4.51. The minimum Gasteiger partial charge on any atom is -0.493 e. The lowest BCUT2D eigenvalue weighted by atomic mass is 9.79. The van der Waals surface area contributed by atoms with Gasteiger partial charge in [-0.15, -0.1) is 0 Å². The summed E-state index contributed by atoms with van der Waals surface area (Å²) in [4.78, 5) is 5.23. The van der Waals surface area contributed by atoms with E-state index in [1.165, 1.54) is 43.5 Å². The Labute approximate surface area is 180 Å². The van der Waals surface area contributed by atoms with E-state index in [9.17, 15) is 0 Å². The number of aromatic nitrogens is 2. The quantitative estimate of drug-likeness (QED) is 0.688. The maximum Gasteiger partial charge on any atom is 0.165 e. The van der Waals surface area contributed by atoms with Crippen LogP contribution in [-0.4, -0.2) is 60.0 Å². The average Bonchev–Trinajstić information content (AvgIpc) is 3.35. The number of rotatable bonds is 7. The third-order valence-corrected chi connectivity index (χ3v) is 6.73. The van der Waals surface area contributed by atoms with E-state index in [1.54, 1.807) is 14.2 Å². The van der Waals surface area contributed by atoms with Crippen LogP contribution in [0.25, 0.3) is 0 Å². The molecule has 1 spiro atoms. The lowest BCUT2D eigenvalue weighted by Crippen LogP contribution is -2.44. The number of methoxy groups -OCH3 is 2. The predicted molar refractivity (Wildman–Crippen MR) is 119 cm³/mol. The second-order valence-electron chi connectivity index (χ2n) is 9.35. The Kier molecular flexibility index (Phi) is 6.34. The lowest BCUT2D eigenvalue weighted by molar-refractivity contribution is 0.0859. The zero-order chi connectivity index (χ0) is 21.1. The highest BCUT2D eigenvalue weighted by atomic mass is 16.5. The normalized spacial score (nSPS) is 22.8. The van der Waals surface area contributed by atoms with Crippen LogP contribution in [0.5, 0.6) is 11.5 Å². The van der Waals surface area contributed by atoms with Crippen LogP contribution in [-0.2, 0) is 13.1 Å². The second kappa shape index (κ2) is 8.98. The highest BCUT2D eigenvalue weighted by Crippen LogP contribution is 2.40. The van der Waals surface area contributed by atoms with Gasteiger partial charge in [-0.2, -0.15) is 5.10 Å². The van der Waals surface area contributed by atoms with Gasteiger partial charge in [0.1, 0.15) is 0 Å². The first kappa shape index (κ1) is 21.2. The summed E-state index contributed by atoms with van der Waals surface area (Å²) in [5.74, 6) is 1.69. The molecular formula is C24H36N4O2. The van der Waals surface area contributed by atoms with Crippen molar-refractivity contribution in [3.8, 4) is 11.5 Å². The van der Waals surface area contributed by atoms with E-state index >= 15 is 0 Å². The number of nitrogens with zero attached hydrogens (tertiary/aromatic N) is 4. The number of ether oxygens (including phenoxy) is 2. The highest BCUT2D eigenvalue weighted by Gasteiger charge is 2.41. The molecule has 0 saturated carbocycles. The molecule has 1 aromatic heterocycles. The van der Waals surface area contributed by atoms with E-state index in [0.29, 0.717) is 11.5 Å². The SMILES string of the molecule is COc1cccc(CN2CCC[C@@]3(CCN(Cc4cnn(C(C)C)c4)C3)C2)c1OC. The maximum absolute atomic E-state index is 5.66. The standard InChI is InChI=1S/C24H36N4O2/c1-19(2)28-15-20(13-25-28)14-27-12-10-24(18-27)9-6-11-26(17-24)16-21-7-5-8-22(29-3)23(21)30-4/h5,7-8,13,15,19H,6,9-12,14,16-18H2,1-4H3/t24-/m1/s1. The fourth-order valence-corrected chi connectivity index (χ4v) is 5.26. The molecule has 2 aliphatic heterocycles. The van der Waals surface area contributed by atoms with Gasteiger partial charge in [-0.05, 0) is 57.7 Å². The zero-order valence-corrected chi connectivity index (χ0v) is 18.9. The molecule has 0 radical (unpaired) electrons. The van der Waals surface area contributed by atoms with Gasteiger partial charge in [0, 0.05) is 49.5 Å². The molecule has 0 amide bonds. The van der Waals surface area contributed by atoms with E-state index in [1.807, 2.05) is 12.3 Å². The van der Waals surface area contributed by atoms with E-state index in [-0.39, 0.29) is 0 Å². The zero-order valence-electron chi connectivity index (χ0n) is 18.9. The minimum absolute atomic E-state index is 0.415. The third-order valence-electron chi connectivity index (χ3n) is 6.73. The summed E-state index contributed by atoms with van der Waals surface area (Å²) >= 11 is 0. The molecule has 0 aliphatic carbocycles. The van der Waals surface area contributed by atoms with Crippen molar-refractivity contribution in [1.29, 1.82) is 0 Å². The first-order valence-corrected chi connectivity index (χ1v) is 11.2. The number of hydrogen-bond acceptors (Lipinski definition) is 5. The van der Waals surface area contributed by atoms with Gasteiger partial charge in [0.2, 0.25) is 0 Å². The Morgan fingerprint density at radius 2 is 1.83 bits per heavy atom. The largest absolute Gasteiger partial charge is 0.493 e. The van der Waals surface area contributed by atoms with Crippen LogP contribution in [0.3, 0.4) is 0 Å². The molecule has 30 heavy (non-hydrogen) atoms. The molecule has 4 rings (SSSR count). The van der Waals surface area contributed by atoms with Crippen molar-refractivity contribution >= 4 is 0 Å². The molecule has 0 bridgehead atoms. The summed E-state index contributed by atoms with van der Waals surface area (Å²) in [6.45, 7) is 11.0. The average molecular weight is 413 g/mol. The molecule has 2 saturated heterocycles. The number of benzene rings is 1. The Morgan fingerprint density at radius 1 is 1.03 bits per heavy atom. The van der Waals surface area contributed by atoms with Crippen LogP contribution in [0, 0.1) is 5.41 Å². The van der Waals surface area contributed by atoms with Crippen molar-refractivity contribution in [1.82, 2.24) is 19.6 Å². The van der Waals surface area contributed by atoms with Crippen LogP contribution >= 0.6 is 0 Å². The summed E-state index contributed by atoms with van der Waals surface area (Å²) in [7, 11) is 3.44.